The van der Waals surface area contributed by atoms with Gasteiger partial charge in [0.1, 0.15) is 11.3 Å². The van der Waals surface area contributed by atoms with Crippen LogP contribution in [0.2, 0.25) is 0 Å². The molecule has 24 heavy (non-hydrogen) atoms. The van der Waals surface area contributed by atoms with Gasteiger partial charge in [0.15, 0.2) is 0 Å². The van der Waals surface area contributed by atoms with Crippen LogP contribution in [0.5, 0.6) is 0 Å². The number of hydrogen-bond donors (Lipinski definition) is 0. The van der Waals surface area contributed by atoms with Gasteiger partial charge in [0.2, 0.25) is 0 Å². The minimum Gasteiger partial charge on any atom is -0.378 e. The maximum absolute atomic E-state index is 13.2. The van der Waals surface area contributed by atoms with Crippen LogP contribution in [0.25, 0.3) is 10.9 Å². The molecule has 1 aromatic heterocycles. The highest BCUT2D eigenvalue weighted by Crippen LogP contribution is 2.29. The van der Waals surface area contributed by atoms with E-state index in [1.165, 1.54) is 0 Å². The highest BCUT2D eigenvalue weighted by Gasteiger charge is 2.40. The van der Waals surface area contributed by atoms with Gasteiger partial charge in [-0.25, -0.2) is 0 Å². The molecule has 5 heteroatoms. The smallest absolute Gasteiger partial charge is 0.270 e. The van der Waals surface area contributed by atoms with Crippen molar-refractivity contribution in [2.24, 2.45) is 0 Å². The molecule has 2 aliphatic rings. The third kappa shape index (κ3) is 2.62. The second-order valence-corrected chi connectivity index (χ2v) is 6.75. The van der Waals surface area contributed by atoms with E-state index in [2.05, 4.69) is 23.6 Å². The Bertz CT molecular complexity index is 741. The molecule has 2 aromatic rings. The minimum absolute atomic E-state index is 0.0984. The van der Waals surface area contributed by atoms with E-state index < -0.39 is 0 Å². The number of aryl methyl sites for hydroxylation is 1. The van der Waals surface area contributed by atoms with Crippen LogP contribution < -0.4 is 0 Å². The van der Waals surface area contributed by atoms with Gasteiger partial charge in [-0.05, 0) is 31.9 Å². The molecular formula is C19H24N2O3. The lowest BCUT2D eigenvalue weighted by Crippen LogP contribution is -2.57. The number of benzene rings is 1. The van der Waals surface area contributed by atoms with Gasteiger partial charge >= 0.3 is 0 Å². The first kappa shape index (κ1) is 15.7. The normalized spacial score (nSPS) is 24.6. The fraction of sp³-hybridized carbons (Fsp3) is 0.526. The van der Waals surface area contributed by atoms with Crippen LogP contribution in [0.15, 0.2) is 30.3 Å². The summed E-state index contributed by atoms with van der Waals surface area (Å²) < 4.78 is 13.7. The number of hydrogen-bond acceptors (Lipinski definition) is 3. The molecule has 0 saturated carbocycles. The quantitative estimate of drug-likeness (QED) is 0.851. The van der Waals surface area contributed by atoms with Gasteiger partial charge in [-0.3, -0.25) is 4.79 Å². The summed E-state index contributed by atoms with van der Waals surface area (Å²) in [6.07, 6.45) is 1.96. The van der Waals surface area contributed by atoms with Crippen LogP contribution in [0.3, 0.4) is 0 Å². The number of ether oxygens (including phenoxy) is 2. The number of morpholine rings is 1. The zero-order valence-electron chi connectivity index (χ0n) is 14.2. The van der Waals surface area contributed by atoms with Crippen molar-refractivity contribution < 1.29 is 14.3 Å². The summed E-state index contributed by atoms with van der Waals surface area (Å²) in [6.45, 7) is 6.10. The Morgan fingerprint density at radius 2 is 2.17 bits per heavy atom. The second-order valence-electron chi connectivity index (χ2n) is 6.75. The molecule has 0 aliphatic carbocycles. The first-order chi connectivity index (χ1) is 11.7. The van der Waals surface area contributed by atoms with Crippen molar-refractivity contribution in [2.45, 2.75) is 31.9 Å². The Morgan fingerprint density at radius 1 is 1.29 bits per heavy atom. The van der Waals surface area contributed by atoms with Gasteiger partial charge in [-0.15, -0.1) is 0 Å². The van der Waals surface area contributed by atoms with Crippen LogP contribution in [0.1, 0.15) is 30.3 Å². The van der Waals surface area contributed by atoms with Gasteiger partial charge < -0.3 is 18.9 Å². The number of fused-ring (bicyclic) bond motifs is 1. The van der Waals surface area contributed by atoms with Crippen molar-refractivity contribution in [1.29, 1.82) is 0 Å². The monoisotopic (exact) mass is 328 g/mol. The molecule has 2 fully saturated rings. The SMILES string of the molecule is CCn1c(C(=O)N2CCOC3(CCCOC3)C2)cc2ccccc21. The Hall–Kier alpha value is -1.85. The molecule has 1 spiro atoms. The summed E-state index contributed by atoms with van der Waals surface area (Å²) in [6, 6.07) is 10.2. The van der Waals surface area contributed by atoms with Crippen LogP contribution in [-0.2, 0) is 16.0 Å². The van der Waals surface area contributed by atoms with Crippen molar-refractivity contribution in [3.05, 3.63) is 36.0 Å². The van der Waals surface area contributed by atoms with Crippen LogP contribution in [0.4, 0.5) is 0 Å². The first-order valence-corrected chi connectivity index (χ1v) is 8.82. The predicted molar refractivity (Wildman–Crippen MR) is 92.3 cm³/mol. The molecule has 0 N–H and O–H groups in total. The summed E-state index contributed by atoms with van der Waals surface area (Å²) in [5, 5.41) is 1.12. The van der Waals surface area contributed by atoms with Crippen molar-refractivity contribution in [3.63, 3.8) is 0 Å². The number of para-hydroxylation sites is 1. The maximum Gasteiger partial charge on any atom is 0.270 e. The van der Waals surface area contributed by atoms with E-state index in [9.17, 15) is 4.79 Å². The average Bonchev–Trinajstić information content (AvgIpc) is 3.00. The Labute approximate surface area is 142 Å². The van der Waals surface area contributed by atoms with Gasteiger partial charge in [-0.2, -0.15) is 0 Å². The van der Waals surface area contributed by atoms with Gasteiger partial charge in [-0.1, -0.05) is 18.2 Å². The lowest BCUT2D eigenvalue weighted by Gasteiger charge is -2.44. The zero-order valence-corrected chi connectivity index (χ0v) is 14.2. The summed E-state index contributed by atoms with van der Waals surface area (Å²) in [4.78, 5) is 15.1. The number of carbonyl (C=O) groups excluding carboxylic acids is 1. The van der Waals surface area contributed by atoms with E-state index in [1.54, 1.807) is 0 Å². The first-order valence-electron chi connectivity index (χ1n) is 8.82. The largest absolute Gasteiger partial charge is 0.378 e. The minimum atomic E-state index is -0.310. The van der Waals surface area contributed by atoms with Crippen molar-refractivity contribution in [3.8, 4) is 0 Å². The summed E-state index contributed by atoms with van der Waals surface area (Å²) in [5.41, 5.74) is 1.58. The third-order valence-corrected chi connectivity index (χ3v) is 5.17. The van der Waals surface area contributed by atoms with Crippen molar-refractivity contribution in [2.75, 3.05) is 32.9 Å². The summed E-state index contributed by atoms with van der Waals surface area (Å²) >= 11 is 0. The summed E-state index contributed by atoms with van der Waals surface area (Å²) in [5.74, 6) is 0.0984. The molecule has 2 saturated heterocycles. The Balaban J connectivity index is 1.63. The topological polar surface area (TPSA) is 43.7 Å². The molecule has 128 valence electrons. The van der Waals surface area contributed by atoms with E-state index in [4.69, 9.17) is 9.47 Å². The second kappa shape index (κ2) is 6.22. The number of aromatic nitrogens is 1. The molecule has 3 heterocycles. The molecule has 1 unspecified atom stereocenters. The molecule has 1 amide bonds. The van der Waals surface area contributed by atoms with E-state index in [-0.39, 0.29) is 11.5 Å². The molecule has 1 atom stereocenters. The van der Waals surface area contributed by atoms with Crippen LogP contribution in [-0.4, -0.2) is 53.9 Å². The van der Waals surface area contributed by atoms with Crippen molar-refractivity contribution in [1.82, 2.24) is 9.47 Å². The average molecular weight is 328 g/mol. The molecular weight excluding hydrogens is 304 g/mol. The summed E-state index contributed by atoms with van der Waals surface area (Å²) in [7, 11) is 0. The van der Waals surface area contributed by atoms with Crippen molar-refractivity contribution >= 4 is 16.8 Å². The lowest BCUT2D eigenvalue weighted by atomic mass is 9.94. The standard InChI is InChI=1S/C19H24N2O3/c1-2-21-16-7-4-3-6-15(16)12-17(21)18(22)20-9-11-24-19(13-20)8-5-10-23-14-19/h3-4,6-7,12H,2,5,8-11,13-14H2,1H3. The van der Waals surface area contributed by atoms with E-state index >= 15 is 0 Å². The zero-order chi connectivity index (χ0) is 16.6. The van der Waals surface area contributed by atoms with Gasteiger partial charge in [0.25, 0.3) is 5.91 Å². The Morgan fingerprint density at radius 3 is 2.96 bits per heavy atom. The molecule has 4 rings (SSSR count). The molecule has 0 radical (unpaired) electrons. The highest BCUT2D eigenvalue weighted by atomic mass is 16.5. The van der Waals surface area contributed by atoms with Crippen LogP contribution >= 0.6 is 0 Å². The third-order valence-electron chi connectivity index (χ3n) is 5.17. The van der Waals surface area contributed by atoms with E-state index in [0.29, 0.717) is 26.3 Å². The number of nitrogens with zero attached hydrogens (tertiary/aromatic N) is 2. The number of rotatable bonds is 2. The molecule has 5 nitrogen and oxygen atoms in total. The predicted octanol–water partition coefficient (Wildman–Crippen LogP) is 2.68. The van der Waals surface area contributed by atoms with Crippen LogP contribution in [0, 0.1) is 0 Å². The number of amides is 1. The molecule has 2 aliphatic heterocycles. The van der Waals surface area contributed by atoms with E-state index in [0.717, 1.165) is 42.6 Å². The highest BCUT2D eigenvalue weighted by molar-refractivity contribution is 5.98. The lowest BCUT2D eigenvalue weighted by molar-refractivity contribution is -0.160. The maximum atomic E-state index is 13.2. The van der Waals surface area contributed by atoms with Gasteiger partial charge in [0.05, 0.1) is 19.8 Å². The fourth-order valence-corrected chi connectivity index (χ4v) is 3.97. The Kier molecular flexibility index (Phi) is 4.06. The van der Waals surface area contributed by atoms with Gasteiger partial charge in [0, 0.05) is 30.6 Å². The fourth-order valence-electron chi connectivity index (χ4n) is 3.97. The van der Waals surface area contributed by atoms with E-state index in [1.807, 2.05) is 23.1 Å². The molecule has 1 aromatic carbocycles. The molecule has 0 bridgehead atoms. The number of carbonyl (C=O) groups is 1.